The Morgan fingerprint density at radius 3 is 2.40 bits per heavy atom. The Hall–Kier alpha value is -1.63. The third-order valence-electron chi connectivity index (χ3n) is 2.74. The molecule has 4 N–H and O–H groups in total. The molecule has 0 saturated heterocycles. The van der Waals surface area contributed by atoms with Crippen molar-refractivity contribution < 1.29 is 9.84 Å². The summed E-state index contributed by atoms with van der Waals surface area (Å²) in [5.74, 6) is 0.469. The molecule has 1 unspecified atom stereocenters. The highest BCUT2D eigenvalue weighted by atomic mass is 16.5. The summed E-state index contributed by atoms with van der Waals surface area (Å²) in [7, 11) is 0. The fraction of sp³-hybridized carbons (Fsp3) is 0.769. The van der Waals surface area contributed by atoms with Crippen molar-refractivity contribution in [3.63, 3.8) is 0 Å². The van der Waals surface area contributed by atoms with Gasteiger partial charge in [-0.2, -0.15) is 15.0 Å². The summed E-state index contributed by atoms with van der Waals surface area (Å²) in [5.41, 5.74) is 5.61. The summed E-state index contributed by atoms with van der Waals surface area (Å²) in [5, 5.41) is 12.4. The van der Waals surface area contributed by atoms with Gasteiger partial charge in [-0.3, -0.25) is 0 Å². The van der Waals surface area contributed by atoms with Gasteiger partial charge in [0.05, 0.1) is 6.10 Å². The van der Waals surface area contributed by atoms with Gasteiger partial charge in [-0.1, -0.05) is 20.8 Å². The van der Waals surface area contributed by atoms with Gasteiger partial charge in [0.25, 0.3) is 0 Å². The maximum Gasteiger partial charge on any atom is 0.323 e. The molecular weight excluding hydrogens is 258 g/mol. The highest BCUT2D eigenvalue weighted by Gasteiger charge is 2.25. The first-order valence-electron chi connectivity index (χ1n) is 6.78. The number of aromatic nitrogens is 3. The Morgan fingerprint density at radius 1 is 1.25 bits per heavy atom. The molecule has 1 heterocycles. The number of aliphatic hydroxyl groups is 1. The first kappa shape index (κ1) is 16.4. The lowest BCUT2D eigenvalue weighted by Gasteiger charge is -2.31. The first-order chi connectivity index (χ1) is 9.22. The van der Waals surface area contributed by atoms with E-state index in [0.29, 0.717) is 12.4 Å². The highest BCUT2D eigenvalue weighted by molar-refractivity contribution is 5.34. The van der Waals surface area contributed by atoms with Gasteiger partial charge in [0.15, 0.2) is 0 Å². The largest absolute Gasteiger partial charge is 0.461 e. The second-order valence-corrected chi connectivity index (χ2v) is 6.04. The normalized spacial score (nSPS) is 13.3. The van der Waals surface area contributed by atoms with Crippen LogP contribution in [0.4, 0.5) is 11.9 Å². The van der Waals surface area contributed by atoms with E-state index >= 15 is 0 Å². The molecule has 0 aliphatic rings. The van der Waals surface area contributed by atoms with Gasteiger partial charge in [-0.25, -0.2) is 0 Å². The van der Waals surface area contributed by atoms with Crippen LogP contribution < -0.4 is 15.8 Å². The molecule has 7 heteroatoms. The molecule has 20 heavy (non-hydrogen) atoms. The van der Waals surface area contributed by atoms with E-state index < -0.39 is 0 Å². The van der Waals surface area contributed by atoms with E-state index in [1.807, 2.05) is 13.8 Å². The lowest BCUT2D eigenvalue weighted by Crippen LogP contribution is -2.35. The van der Waals surface area contributed by atoms with Gasteiger partial charge in [-0.05, 0) is 25.7 Å². The Balaban J connectivity index is 2.92. The van der Waals surface area contributed by atoms with Crippen molar-refractivity contribution in [1.29, 1.82) is 0 Å². The second-order valence-electron chi connectivity index (χ2n) is 6.04. The predicted molar refractivity (Wildman–Crippen MR) is 78.6 cm³/mol. The van der Waals surface area contributed by atoms with Crippen LogP contribution in [0, 0.1) is 5.41 Å². The molecule has 7 nitrogen and oxygen atoms in total. The lowest BCUT2D eigenvalue weighted by atomic mass is 9.85. The molecule has 1 rings (SSSR count). The molecule has 114 valence electrons. The van der Waals surface area contributed by atoms with Crippen LogP contribution in [0.25, 0.3) is 0 Å². The second kappa shape index (κ2) is 6.69. The molecule has 0 fully saturated rings. The number of anilines is 2. The van der Waals surface area contributed by atoms with E-state index in [-0.39, 0.29) is 36.1 Å². The van der Waals surface area contributed by atoms with E-state index in [4.69, 9.17) is 15.6 Å². The number of hydrogen-bond acceptors (Lipinski definition) is 7. The van der Waals surface area contributed by atoms with E-state index in [0.717, 1.165) is 0 Å². The zero-order valence-corrected chi connectivity index (χ0v) is 12.8. The molecule has 0 radical (unpaired) electrons. The van der Waals surface area contributed by atoms with Gasteiger partial charge < -0.3 is 20.9 Å². The monoisotopic (exact) mass is 283 g/mol. The van der Waals surface area contributed by atoms with E-state index in [1.54, 1.807) is 0 Å². The van der Waals surface area contributed by atoms with E-state index in [1.165, 1.54) is 0 Å². The number of rotatable bonds is 6. The molecule has 0 aliphatic carbocycles. The number of nitrogen functional groups attached to an aromatic ring is 1. The number of nitrogens with zero attached hydrogens (tertiary/aromatic N) is 3. The average molecular weight is 283 g/mol. The van der Waals surface area contributed by atoms with Crippen molar-refractivity contribution in [2.24, 2.45) is 5.41 Å². The molecule has 0 aliphatic heterocycles. The fourth-order valence-electron chi connectivity index (χ4n) is 1.71. The highest BCUT2D eigenvalue weighted by Crippen LogP contribution is 2.25. The number of nitrogens with two attached hydrogens (primary N) is 1. The van der Waals surface area contributed by atoms with Crippen molar-refractivity contribution in [2.75, 3.05) is 17.7 Å². The number of aliphatic hydroxyl groups excluding tert-OH is 1. The number of ether oxygens (including phenoxy) is 1. The quantitative estimate of drug-likeness (QED) is 0.725. The van der Waals surface area contributed by atoms with Gasteiger partial charge in [0.1, 0.15) is 0 Å². The Labute approximate surface area is 120 Å². The summed E-state index contributed by atoms with van der Waals surface area (Å²) in [6.45, 7) is 10.1. The third kappa shape index (κ3) is 5.16. The average Bonchev–Trinajstić information content (AvgIpc) is 2.25. The third-order valence-corrected chi connectivity index (χ3v) is 2.74. The van der Waals surface area contributed by atoms with Crippen molar-refractivity contribution in [2.45, 2.75) is 53.2 Å². The van der Waals surface area contributed by atoms with Crippen molar-refractivity contribution in [1.82, 2.24) is 15.0 Å². The fourth-order valence-corrected chi connectivity index (χ4v) is 1.71. The Bertz CT molecular complexity index is 431. The SMILES string of the molecule is CC(C)Oc1nc(N)nc(NC(CCO)C(C)(C)C)n1. The van der Waals surface area contributed by atoms with E-state index in [2.05, 4.69) is 41.0 Å². The summed E-state index contributed by atoms with van der Waals surface area (Å²) in [6, 6.07) is 0.216. The maximum atomic E-state index is 9.16. The summed E-state index contributed by atoms with van der Waals surface area (Å²) in [4.78, 5) is 12.2. The number of nitrogens with one attached hydrogen (secondary N) is 1. The topological polar surface area (TPSA) is 106 Å². The standard InChI is InChI=1S/C13H25N5O2/c1-8(2)20-12-17-10(14)16-11(18-12)15-9(6-7-19)13(3,4)5/h8-9,19H,6-7H2,1-5H3,(H3,14,15,16,17,18). The summed E-state index contributed by atoms with van der Waals surface area (Å²) < 4.78 is 5.43. The molecule has 0 saturated carbocycles. The molecule has 1 aromatic heterocycles. The van der Waals surface area contributed by atoms with Crippen LogP contribution in [0.5, 0.6) is 6.01 Å². The van der Waals surface area contributed by atoms with E-state index in [9.17, 15) is 0 Å². The lowest BCUT2D eigenvalue weighted by molar-refractivity contribution is 0.221. The van der Waals surface area contributed by atoms with Gasteiger partial charge >= 0.3 is 6.01 Å². The minimum atomic E-state index is -0.0524. The summed E-state index contributed by atoms with van der Waals surface area (Å²) in [6.07, 6.45) is 0.552. The Kier molecular flexibility index (Phi) is 5.50. The first-order valence-corrected chi connectivity index (χ1v) is 6.78. The van der Waals surface area contributed by atoms with Crippen LogP contribution >= 0.6 is 0 Å². The summed E-state index contributed by atoms with van der Waals surface area (Å²) >= 11 is 0. The van der Waals surface area contributed by atoms with Crippen molar-refractivity contribution in [3.8, 4) is 6.01 Å². The van der Waals surface area contributed by atoms with Crippen LogP contribution in [-0.4, -0.2) is 38.8 Å². The van der Waals surface area contributed by atoms with Crippen molar-refractivity contribution in [3.05, 3.63) is 0 Å². The molecule has 0 spiro atoms. The molecular formula is C13H25N5O2. The smallest absolute Gasteiger partial charge is 0.323 e. The molecule has 0 amide bonds. The minimum absolute atomic E-state index is 0.0150. The van der Waals surface area contributed by atoms with Crippen LogP contribution in [0.1, 0.15) is 41.0 Å². The zero-order valence-electron chi connectivity index (χ0n) is 12.8. The number of hydrogen-bond donors (Lipinski definition) is 3. The molecule has 1 aromatic rings. The minimum Gasteiger partial charge on any atom is -0.461 e. The van der Waals surface area contributed by atoms with Crippen LogP contribution in [0.2, 0.25) is 0 Å². The Morgan fingerprint density at radius 2 is 1.90 bits per heavy atom. The van der Waals surface area contributed by atoms with Gasteiger partial charge in [0.2, 0.25) is 11.9 Å². The predicted octanol–water partition coefficient (Wildman–Crippen LogP) is 1.45. The zero-order chi connectivity index (χ0) is 15.3. The van der Waals surface area contributed by atoms with Crippen LogP contribution in [0.3, 0.4) is 0 Å². The van der Waals surface area contributed by atoms with Crippen LogP contribution in [0.15, 0.2) is 0 Å². The van der Waals surface area contributed by atoms with Gasteiger partial charge in [-0.15, -0.1) is 0 Å². The molecule has 0 bridgehead atoms. The maximum absolute atomic E-state index is 9.16. The van der Waals surface area contributed by atoms with Crippen LogP contribution in [-0.2, 0) is 0 Å². The van der Waals surface area contributed by atoms with Gasteiger partial charge in [0, 0.05) is 12.6 Å². The van der Waals surface area contributed by atoms with Crippen molar-refractivity contribution >= 4 is 11.9 Å². The molecule has 0 aromatic carbocycles. The molecule has 1 atom stereocenters.